The third-order valence-electron chi connectivity index (χ3n) is 3.29. The Morgan fingerprint density at radius 2 is 1.91 bits per heavy atom. The van der Waals surface area contributed by atoms with Gasteiger partial charge in [0.05, 0.1) is 24.6 Å². The second kappa shape index (κ2) is 6.78. The minimum Gasteiger partial charge on any atom is -0.334 e. The molecule has 0 unspecified atom stereocenters. The van der Waals surface area contributed by atoms with Gasteiger partial charge in [0.2, 0.25) is 0 Å². The average molecular weight is 310 g/mol. The SMILES string of the molecule is Cn1cc(NC(=O)NCc2cnn(Cc3ccccc3)c2)cn1. The molecule has 3 rings (SSSR count). The predicted molar refractivity (Wildman–Crippen MR) is 86.8 cm³/mol. The molecule has 0 bridgehead atoms. The number of nitrogens with zero attached hydrogens (tertiary/aromatic N) is 4. The summed E-state index contributed by atoms with van der Waals surface area (Å²) in [7, 11) is 1.80. The maximum absolute atomic E-state index is 11.8. The van der Waals surface area contributed by atoms with Gasteiger partial charge in [-0.15, -0.1) is 0 Å². The number of nitrogens with one attached hydrogen (secondary N) is 2. The van der Waals surface area contributed by atoms with Crippen molar-refractivity contribution in [2.45, 2.75) is 13.1 Å². The van der Waals surface area contributed by atoms with E-state index in [0.717, 1.165) is 5.56 Å². The Bertz CT molecular complexity index is 777. The molecule has 2 N–H and O–H groups in total. The molecule has 0 radical (unpaired) electrons. The molecule has 3 aromatic rings. The molecule has 0 aliphatic heterocycles. The van der Waals surface area contributed by atoms with Crippen LogP contribution in [-0.4, -0.2) is 25.6 Å². The van der Waals surface area contributed by atoms with Crippen LogP contribution in [0, 0.1) is 0 Å². The van der Waals surface area contributed by atoms with Crippen molar-refractivity contribution in [2.24, 2.45) is 7.05 Å². The first-order valence-corrected chi connectivity index (χ1v) is 7.28. The van der Waals surface area contributed by atoms with E-state index in [1.54, 1.807) is 30.3 Å². The standard InChI is InChI=1S/C16H18N6O/c1-21-12-15(9-18-21)20-16(23)17-7-14-8-19-22(11-14)10-13-5-3-2-4-6-13/h2-6,8-9,11-12H,7,10H2,1H3,(H2,17,20,23). The Balaban J connectivity index is 1.50. The van der Waals surface area contributed by atoms with Crippen molar-refractivity contribution in [1.29, 1.82) is 0 Å². The maximum atomic E-state index is 11.8. The second-order valence-electron chi connectivity index (χ2n) is 5.24. The van der Waals surface area contributed by atoms with Crippen molar-refractivity contribution in [3.8, 4) is 0 Å². The fourth-order valence-electron chi connectivity index (χ4n) is 2.20. The molecule has 0 spiro atoms. The Morgan fingerprint density at radius 1 is 1.09 bits per heavy atom. The predicted octanol–water partition coefficient (Wildman–Crippen LogP) is 1.99. The highest BCUT2D eigenvalue weighted by Gasteiger charge is 2.05. The Kier molecular flexibility index (Phi) is 4.37. The number of rotatable bonds is 5. The molecule has 118 valence electrons. The molecule has 0 atom stereocenters. The topological polar surface area (TPSA) is 76.8 Å². The number of hydrogen-bond acceptors (Lipinski definition) is 3. The molecule has 23 heavy (non-hydrogen) atoms. The van der Waals surface area contributed by atoms with Crippen LogP contribution in [-0.2, 0) is 20.1 Å². The van der Waals surface area contributed by atoms with Gasteiger partial charge in [0, 0.05) is 31.5 Å². The third-order valence-corrected chi connectivity index (χ3v) is 3.29. The summed E-state index contributed by atoms with van der Waals surface area (Å²) in [6.45, 7) is 1.13. The minimum absolute atomic E-state index is 0.270. The Morgan fingerprint density at radius 3 is 2.65 bits per heavy atom. The molecule has 0 aliphatic carbocycles. The molecule has 7 heteroatoms. The second-order valence-corrected chi connectivity index (χ2v) is 5.24. The summed E-state index contributed by atoms with van der Waals surface area (Å²) < 4.78 is 3.48. The summed E-state index contributed by atoms with van der Waals surface area (Å²) in [6, 6.07) is 9.84. The van der Waals surface area contributed by atoms with Crippen molar-refractivity contribution < 1.29 is 4.79 Å². The Hall–Kier alpha value is -3.09. The van der Waals surface area contributed by atoms with Crippen LogP contribution in [0.4, 0.5) is 10.5 Å². The van der Waals surface area contributed by atoms with Crippen molar-refractivity contribution in [3.63, 3.8) is 0 Å². The highest BCUT2D eigenvalue weighted by molar-refractivity contribution is 5.88. The van der Waals surface area contributed by atoms with Gasteiger partial charge in [-0.1, -0.05) is 30.3 Å². The highest BCUT2D eigenvalue weighted by Crippen LogP contribution is 2.05. The van der Waals surface area contributed by atoms with E-state index < -0.39 is 0 Å². The summed E-state index contributed by atoms with van der Waals surface area (Å²) >= 11 is 0. The molecule has 0 fully saturated rings. The number of carbonyl (C=O) groups is 1. The van der Waals surface area contributed by atoms with E-state index in [2.05, 4.69) is 33.0 Å². The van der Waals surface area contributed by atoms with Crippen LogP contribution < -0.4 is 10.6 Å². The minimum atomic E-state index is -0.270. The molecule has 7 nitrogen and oxygen atoms in total. The van der Waals surface area contributed by atoms with E-state index in [1.165, 1.54) is 5.56 Å². The van der Waals surface area contributed by atoms with Gasteiger partial charge in [0.15, 0.2) is 0 Å². The molecule has 2 amide bonds. The van der Waals surface area contributed by atoms with Crippen molar-refractivity contribution in [2.75, 3.05) is 5.32 Å². The molecule has 0 saturated carbocycles. The quantitative estimate of drug-likeness (QED) is 0.756. The summed E-state index contributed by atoms with van der Waals surface area (Å²) in [5.41, 5.74) is 2.79. The molecule has 2 aromatic heterocycles. The van der Waals surface area contributed by atoms with Crippen LogP contribution in [0.5, 0.6) is 0 Å². The monoisotopic (exact) mass is 310 g/mol. The van der Waals surface area contributed by atoms with Crippen LogP contribution >= 0.6 is 0 Å². The highest BCUT2D eigenvalue weighted by atomic mass is 16.2. The van der Waals surface area contributed by atoms with E-state index in [0.29, 0.717) is 18.8 Å². The first-order chi connectivity index (χ1) is 11.2. The molecule has 0 saturated heterocycles. The number of amides is 2. The van der Waals surface area contributed by atoms with Gasteiger partial charge >= 0.3 is 6.03 Å². The van der Waals surface area contributed by atoms with Crippen LogP contribution in [0.3, 0.4) is 0 Å². The molecule has 2 heterocycles. The summed E-state index contributed by atoms with van der Waals surface area (Å²) in [5.74, 6) is 0. The average Bonchev–Trinajstić information content (AvgIpc) is 3.15. The zero-order chi connectivity index (χ0) is 16.1. The molecular weight excluding hydrogens is 292 g/mol. The summed E-state index contributed by atoms with van der Waals surface area (Å²) in [6.07, 6.45) is 7.01. The lowest BCUT2D eigenvalue weighted by atomic mass is 10.2. The molecule has 0 aliphatic rings. The fourth-order valence-corrected chi connectivity index (χ4v) is 2.20. The van der Waals surface area contributed by atoms with Crippen LogP contribution in [0.25, 0.3) is 0 Å². The van der Waals surface area contributed by atoms with Crippen molar-refractivity contribution >= 4 is 11.7 Å². The number of hydrogen-bond donors (Lipinski definition) is 2. The van der Waals surface area contributed by atoms with Gasteiger partial charge in [-0.05, 0) is 5.56 Å². The van der Waals surface area contributed by atoms with E-state index in [-0.39, 0.29) is 6.03 Å². The number of aryl methyl sites for hydroxylation is 1. The van der Waals surface area contributed by atoms with Gasteiger partial charge in [-0.3, -0.25) is 9.36 Å². The maximum Gasteiger partial charge on any atom is 0.319 e. The number of benzene rings is 1. The summed E-state index contributed by atoms with van der Waals surface area (Å²) in [4.78, 5) is 11.8. The Labute approximate surface area is 133 Å². The number of urea groups is 1. The van der Waals surface area contributed by atoms with Gasteiger partial charge in [-0.25, -0.2) is 4.79 Å². The van der Waals surface area contributed by atoms with Gasteiger partial charge in [-0.2, -0.15) is 10.2 Å². The zero-order valence-corrected chi connectivity index (χ0v) is 12.8. The van der Waals surface area contributed by atoms with Crippen LogP contribution in [0.2, 0.25) is 0 Å². The smallest absolute Gasteiger partial charge is 0.319 e. The van der Waals surface area contributed by atoms with Gasteiger partial charge in [0.25, 0.3) is 0 Å². The third kappa shape index (κ3) is 4.19. The first-order valence-electron chi connectivity index (χ1n) is 7.28. The first kappa shape index (κ1) is 14.8. The van der Waals surface area contributed by atoms with Crippen LogP contribution in [0.15, 0.2) is 55.1 Å². The number of aromatic nitrogens is 4. The molecular formula is C16H18N6O. The van der Waals surface area contributed by atoms with E-state index in [9.17, 15) is 4.79 Å². The summed E-state index contributed by atoms with van der Waals surface area (Å²) in [5, 5.41) is 13.8. The van der Waals surface area contributed by atoms with Crippen molar-refractivity contribution in [3.05, 3.63) is 66.2 Å². The lowest BCUT2D eigenvalue weighted by molar-refractivity contribution is 0.251. The fraction of sp³-hybridized carbons (Fsp3) is 0.188. The van der Waals surface area contributed by atoms with Gasteiger partial charge in [0.1, 0.15) is 0 Å². The van der Waals surface area contributed by atoms with Crippen LogP contribution in [0.1, 0.15) is 11.1 Å². The van der Waals surface area contributed by atoms with E-state index in [4.69, 9.17) is 0 Å². The lowest BCUT2D eigenvalue weighted by Gasteiger charge is -2.04. The molecule has 1 aromatic carbocycles. The van der Waals surface area contributed by atoms with E-state index in [1.807, 2.05) is 29.1 Å². The normalized spacial score (nSPS) is 10.5. The number of anilines is 1. The largest absolute Gasteiger partial charge is 0.334 e. The van der Waals surface area contributed by atoms with Gasteiger partial charge < -0.3 is 10.6 Å². The number of carbonyl (C=O) groups excluding carboxylic acids is 1. The van der Waals surface area contributed by atoms with Crippen molar-refractivity contribution in [1.82, 2.24) is 24.9 Å². The lowest BCUT2D eigenvalue weighted by Crippen LogP contribution is -2.27. The van der Waals surface area contributed by atoms with E-state index >= 15 is 0 Å². The zero-order valence-electron chi connectivity index (χ0n) is 12.8.